The number of halogens is 1. The van der Waals surface area contributed by atoms with Crippen molar-refractivity contribution in [3.8, 4) is 5.75 Å². The predicted octanol–water partition coefficient (Wildman–Crippen LogP) is 2.93. The molecule has 1 aliphatic heterocycles. The molecule has 0 saturated heterocycles. The van der Waals surface area contributed by atoms with Crippen LogP contribution in [-0.2, 0) is 0 Å². The molecule has 1 aromatic rings. The van der Waals surface area contributed by atoms with Crippen molar-refractivity contribution < 1.29 is 4.74 Å². The molecule has 2 rings (SSSR count). The maximum absolute atomic E-state index is 6.07. The molecule has 1 atom stereocenters. The Morgan fingerprint density at radius 2 is 2.29 bits per heavy atom. The van der Waals surface area contributed by atoms with E-state index in [9.17, 15) is 0 Å². The minimum absolute atomic E-state index is 0.124. The standard InChI is InChI=1S/C11H14BrNO/c1-7-5-8-10(13)3-2-4-14-11(8)6-9(7)12/h5-6,10H,2-4,13H2,1H3. The lowest BCUT2D eigenvalue weighted by atomic mass is 10.0. The fourth-order valence-corrected chi connectivity index (χ4v) is 2.06. The fourth-order valence-electron chi connectivity index (χ4n) is 1.74. The molecule has 2 nitrogen and oxygen atoms in total. The van der Waals surface area contributed by atoms with Gasteiger partial charge in [-0.25, -0.2) is 0 Å². The van der Waals surface area contributed by atoms with Crippen LogP contribution in [0.2, 0.25) is 0 Å². The summed E-state index contributed by atoms with van der Waals surface area (Å²) in [7, 11) is 0. The van der Waals surface area contributed by atoms with Gasteiger partial charge in [0.2, 0.25) is 0 Å². The quantitative estimate of drug-likeness (QED) is 0.774. The largest absolute Gasteiger partial charge is 0.493 e. The highest BCUT2D eigenvalue weighted by atomic mass is 79.9. The zero-order valence-electron chi connectivity index (χ0n) is 8.22. The van der Waals surface area contributed by atoms with Gasteiger partial charge in [0.15, 0.2) is 0 Å². The van der Waals surface area contributed by atoms with Crippen molar-refractivity contribution in [2.45, 2.75) is 25.8 Å². The number of hydrogen-bond acceptors (Lipinski definition) is 2. The zero-order valence-corrected chi connectivity index (χ0v) is 9.80. The maximum atomic E-state index is 6.07. The van der Waals surface area contributed by atoms with E-state index in [2.05, 4.69) is 28.9 Å². The monoisotopic (exact) mass is 255 g/mol. The smallest absolute Gasteiger partial charge is 0.125 e. The molecule has 3 heteroatoms. The van der Waals surface area contributed by atoms with Gasteiger partial charge in [0.25, 0.3) is 0 Å². The average Bonchev–Trinajstić information content (AvgIpc) is 2.31. The second-order valence-corrected chi connectivity index (χ2v) is 4.59. The van der Waals surface area contributed by atoms with Crippen LogP contribution in [0.4, 0.5) is 0 Å². The van der Waals surface area contributed by atoms with Crippen molar-refractivity contribution >= 4 is 15.9 Å². The van der Waals surface area contributed by atoms with Gasteiger partial charge < -0.3 is 10.5 Å². The van der Waals surface area contributed by atoms with Gasteiger partial charge in [0.05, 0.1) is 6.61 Å². The predicted molar refractivity (Wildman–Crippen MR) is 60.5 cm³/mol. The van der Waals surface area contributed by atoms with Crippen molar-refractivity contribution in [1.82, 2.24) is 0 Å². The normalized spacial score (nSPS) is 20.9. The van der Waals surface area contributed by atoms with Gasteiger partial charge in [-0.3, -0.25) is 0 Å². The lowest BCUT2D eigenvalue weighted by molar-refractivity contribution is 0.316. The topological polar surface area (TPSA) is 35.2 Å². The van der Waals surface area contributed by atoms with Gasteiger partial charge in [-0.2, -0.15) is 0 Å². The van der Waals surface area contributed by atoms with Gasteiger partial charge in [0.1, 0.15) is 5.75 Å². The summed E-state index contributed by atoms with van der Waals surface area (Å²) in [6.07, 6.45) is 2.04. The molecule has 0 aliphatic carbocycles. The van der Waals surface area contributed by atoms with E-state index in [0.29, 0.717) is 0 Å². The third-order valence-corrected chi connectivity index (χ3v) is 3.46. The second-order valence-electron chi connectivity index (χ2n) is 3.74. The molecular formula is C11H14BrNO. The molecule has 0 saturated carbocycles. The fraction of sp³-hybridized carbons (Fsp3) is 0.455. The van der Waals surface area contributed by atoms with Crippen LogP contribution in [0.5, 0.6) is 5.75 Å². The highest BCUT2D eigenvalue weighted by Gasteiger charge is 2.17. The molecule has 14 heavy (non-hydrogen) atoms. The second kappa shape index (κ2) is 3.91. The molecule has 0 bridgehead atoms. The molecule has 1 aromatic carbocycles. The number of rotatable bonds is 0. The van der Waals surface area contributed by atoms with Crippen molar-refractivity contribution in [1.29, 1.82) is 0 Å². The summed E-state index contributed by atoms with van der Waals surface area (Å²) in [6, 6.07) is 4.27. The molecule has 0 fully saturated rings. The molecule has 2 N–H and O–H groups in total. The van der Waals surface area contributed by atoms with Gasteiger partial charge in [0, 0.05) is 16.1 Å². The number of hydrogen-bond donors (Lipinski definition) is 1. The Kier molecular flexibility index (Phi) is 2.79. The Morgan fingerprint density at radius 1 is 1.50 bits per heavy atom. The van der Waals surface area contributed by atoms with E-state index >= 15 is 0 Å². The number of aryl methyl sites for hydroxylation is 1. The first-order valence-corrected chi connectivity index (χ1v) is 5.66. The first-order valence-electron chi connectivity index (χ1n) is 4.87. The summed E-state index contributed by atoms with van der Waals surface area (Å²) in [6.45, 7) is 2.85. The highest BCUT2D eigenvalue weighted by Crippen LogP contribution is 2.34. The van der Waals surface area contributed by atoms with E-state index in [1.165, 1.54) is 5.56 Å². The van der Waals surface area contributed by atoms with E-state index in [1.54, 1.807) is 0 Å². The highest BCUT2D eigenvalue weighted by molar-refractivity contribution is 9.10. The van der Waals surface area contributed by atoms with Crippen LogP contribution in [0.3, 0.4) is 0 Å². The molecule has 1 unspecified atom stereocenters. The third kappa shape index (κ3) is 1.79. The van der Waals surface area contributed by atoms with Crippen LogP contribution in [0.1, 0.15) is 30.0 Å². The summed E-state index contributed by atoms with van der Waals surface area (Å²) in [4.78, 5) is 0. The first-order chi connectivity index (χ1) is 6.68. The van der Waals surface area contributed by atoms with E-state index < -0.39 is 0 Å². The van der Waals surface area contributed by atoms with Gasteiger partial charge in [-0.05, 0) is 37.5 Å². The maximum Gasteiger partial charge on any atom is 0.125 e. The number of nitrogens with two attached hydrogens (primary N) is 1. The SMILES string of the molecule is Cc1cc2c(cc1Br)OCCCC2N. The van der Waals surface area contributed by atoms with Crippen LogP contribution in [0.25, 0.3) is 0 Å². The molecule has 0 spiro atoms. The van der Waals surface area contributed by atoms with Crippen LogP contribution in [0, 0.1) is 6.92 Å². The molecule has 0 amide bonds. The van der Waals surface area contributed by atoms with E-state index in [0.717, 1.165) is 35.2 Å². The van der Waals surface area contributed by atoms with Crippen LogP contribution >= 0.6 is 15.9 Å². The Hall–Kier alpha value is -0.540. The molecule has 0 aromatic heterocycles. The van der Waals surface area contributed by atoms with Crippen molar-refractivity contribution in [3.05, 3.63) is 27.7 Å². The molecule has 1 aliphatic rings. The van der Waals surface area contributed by atoms with Crippen LogP contribution in [0.15, 0.2) is 16.6 Å². The van der Waals surface area contributed by atoms with Crippen molar-refractivity contribution in [3.63, 3.8) is 0 Å². The van der Waals surface area contributed by atoms with Crippen molar-refractivity contribution in [2.24, 2.45) is 5.73 Å². The Labute approximate surface area is 92.6 Å². The number of ether oxygens (including phenoxy) is 1. The zero-order chi connectivity index (χ0) is 10.1. The Balaban J connectivity index is 2.49. The minimum Gasteiger partial charge on any atom is -0.493 e. The summed E-state index contributed by atoms with van der Waals surface area (Å²) in [5.74, 6) is 0.937. The molecule has 76 valence electrons. The Bertz CT molecular complexity index is 351. The lowest BCUT2D eigenvalue weighted by Crippen LogP contribution is -2.09. The molecule has 1 heterocycles. The summed E-state index contributed by atoms with van der Waals surface area (Å²) in [5, 5.41) is 0. The number of fused-ring (bicyclic) bond motifs is 1. The van der Waals surface area contributed by atoms with Gasteiger partial charge in [-0.15, -0.1) is 0 Å². The Morgan fingerprint density at radius 3 is 3.07 bits per heavy atom. The van der Waals surface area contributed by atoms with Crippen molar-refractivity contribution in [2.75, 3.05) is 6.61 Å². The molecular weight excluding hydrogens is 242 g/mol. The molecule has 0 radical (unpaired) electrons. The van der Waals surface area contributed by atoms with Gasteiger partial charge in [-0.1, -0.05) is 15.9 Å². The summed E-state index contributed by atoms with van der Waals surface area (Å²) >= 11 is 3.50. The van der Waals surface area contributed by atoms with Crippen LogP contribution < -0.4 is 10.5 Å². The minimum atomic E-state index is 0.124. The summed E-state index contributed by atoms with van der Waals surface area (Å²) in [5.41, 5.74) is 8.42. The third-order valence-electron chi connectivity index (χ3n) is 2.61. The van der Waals surface area contributed by atoms with Gasteiger partial charge >= 0.3 is 0 Å². The van der Waals surface area contributed by atoms with E-state index in [4.69, 9.17) is 10.5 Å². The van der Waals surface area contributed by atoms with Crippen LogP contribution in [-0.4, -0.2) is 6.61 Å². The summed E-state index contributed by atoms with van der Waals surface area (Å²) < 4.78 is 6.73. The lowest BCUT2D eigenvalue weighted by Gasteiger charge is -2.13. The first kappa shape index (κ1) is 9.99. The number of benzene rings is 1. The average molecular weight is 256 g/mol. The van der Waals surface area contributed by atoms with E-state index in [-0.39, 0.29) is 6.04 Å². The van der Waals surface area contributed by atoms with E-state index in [1.807, 2.05) is 6.07 Å².